The van der Waals surface area contributed by atoms with Gasteiger partial charge in [0.1, 0.15) is 5.75 Å². The van der Waals surface area contributed by atoms with Crippen LogP contribution >= 0.6 is 11.3 Å². The van der Waals surface area contributed by atoms with Crippen LogP contribution in [-0.4, -0.2) is 17.7 Å². The summed E-state index contributed by atoms with van der Waals surface area (Å²) in [5.74, 6) is 5.11. The molecule has 0 aliphatic rings. The molecule has 0 spiro atoms. The number of carboxylic acid groups (broad SMARTS) is 1. The monoisotopic (exact) mass is 224 g/mol. The van der Waals surface area contributed by atoms with Crippen LogP contribution in [0.25, 0.3) is 0 Å². The van der Waals surface area contributed by atoms with Crippen molar-refractivity contribution in [3.63, 3.8) is 0 Å². The lowest BCUT2D eigenvalue weighted by molar-refractivity contribution is 0.0698. The largest absolute Gasteiger partial charge is 0.491 e. The molecule has 15 heavy (non-hydrogen) atoms. The Morgan fingerprint density at radius 1 is 1.67 bits per heavy atom. The molecule has 1 heterocycles. The molecular formula is C11H12O3S. The first kappa shape index (κ1) is 11.6. The standard InChI is InChI=1S/C11H12O3S/c1-3-4-5-6-14-9-7-8(2)15-10(9)11(12)13/h7H,5-6H2,1-2H3,(H,12,13). The highest BCUT2D eigenvalue weighted by Crippen LogP contribution is 2.28. The minimum Gasteiger partial charge on any atom is -0.491 e. The van der Waals surface area contributed by atoms with Gasteiger partial charge in [-0.15, -0.1) is 23.2 Å². The molecule has 0 amide bonds. The Labute approximate surface area is 92.7 Å². The molecular weight excluding hydrogens is 212 g/mol. The number of hydrogen-bond acceptors (Lipinski definition) is 3. The van der Waals surface area contributed by atoms with Gasteiger partial charge in [-0.3, -0.25) is 0 Å². The highest BCUT2D eigenvalue weighted by Gasteiger charge is 2.14. The van der Waals surface area contributed by atoms with E-state index in [4.69, 9.17) is 9.84 Å². The smallest absolute Gasteiger partial charge is 0.349 e. The van der Waals surface area contributed by atoms with E-state index in [2.05, 4.69) is 11.8 Å². The molecule has 0 aliphatic carbocycles. The number of carbonyl (C=O) groups is 1. The maximum atomic E-state index is 10.8. The number of aromatic carboxylic acids is 1. The van der Waals surface area contributed by atoms with E-state index in [-0.39, 0.29) is 4.88 Å². The highest BCUT2D eigenvalue weighted by atomic mass is 32.1. The van der Waals surface area contributed by atoms with Crippen molar-refractivity contribution in [3.05, 3.63) is 15.8 Å². The summed E-state index contributed by atoms with van der Waals surface area (Å²) in [6.45, 7) is 4.05. The van der Waals surface area contributed by atoms with Gasteiger partial charge in [0.05, 0.1) is 6.61 Å². The predicted molar refractivity (Wildman–Crippen MR) is 59.6 cm³/mol. The van der Waals surface area contributed by atoms with E-state index >= 15 is 0 Å². The van der Waals surface area contributed by atoms with Gasteiger partial charge in [-0.05, 0) is 19.9 Å². The minimum atomic E-state index is -0.940. The lowest BCUT2D eigenvalue weighted by Crippen LogP contribution is -2.00. The number of carboxylic acids is 1. The molecule has 0 fully saturated rings. The van der Waals surface area contributed by atoms with Crippen molar-refractivity contribution in [2.24, 2.45) is 0 Å². The quantitative estimate of drug-likeness (QED) is 0.631. The lowest BCUT2D eigenvalue weighted by atomic mass is 10.4. The van der Waals surface area contributed by atoms with Gasteiger partial charge in [-0.25, -0.2) is 4.79 Å². The zero-order chi connectivity index (χ0) is 11.3. The second kappa shape index (κ2) is 5.42. The van der Waals surface area contributed by atoms with Crippen LogP contribution in [0.15, 0.2) is 6.07 Å². The van der Waals surface area contributed by atoms with E-state index in [1.54, 1.807) is 13.0 Å². The molecule has 1 N–H and O–H groups in total. The molecule has 4 heteroatoms. The summed E-state index contributed by atoms with van der Waals surface area (Å²) in [5.41, 5.74) is 0. The van der Waals surface area contributed by atoms with Crippen LogP contribution in [0.4, 0.5) is 0 Å². The fourth-order valence-corrected chi connectivity index (χ4v) is 1.88. The number of aryl methyl sites for hydroxylation is 1. The fourth-order valence-electron chi connectivity index (χ4n) is 1.08. The van der Waals surface area contributed by atoms with Crippen molar-refractivity contribution in [1.29, 1.82) is 0 Å². The average Bonchev–Trinajstić information content (AvgIpc) is 2.55. The maximum Gasteiger partial charge on any atom is 0.349 e. The van der Waals surface area contributed by atoms with Gasteiger partial charge in [0.15, 0.2) is 4.88 Å². The number of ether oxygens (including phenoxy) is 1. The molecule has 1 aromatic heterocycles. The summed E-state index contributed by atoms with van der Waals surface area (Å²) < 4.78 is 5.35. The molecule has 1 rings (SSSR count). The Bertz CT molecular complexity index is 409. The van der Waals surface area contributed by atoms with Gasteiger partial charge in [-0.2, -0.15) is 0 Å². The van der Waals surface area contributed by atoms with Crippen LogP contribution in [0, 0.1) is 18.8 Å². The molecule has 0 saturated heterocycles. The van der Waals surface area contributed by atoms with Crippen molar-refractivity contribution < 1.29 is 14.6 Å². The minimum absolute atomic E-state index is 0.261. The Balaban J connectivity index is 2.66. The van der Waals surface area contributed by atoms with Gasteiger partial charge in [0, 0.05) is 11.3 Å². The van der Waals surface area contributed by atoms with Crippen LogP contribution in [0.3, 0.4) is 0 Å². The normalized spacial score (nSPS) is 9.20. The van der Waals surface area contributed by atoms with Crippen LogP contribution in [0.1, 0.15) is 27.9 Å². The van der Waals surface area contributed by atoms with E-state index < -0.39 is 5.97 Å². The second-order valence-electron chi connectivity index (χ2n) is 2.88. The summed E-state index contributed by atoms with van der Waals surface area (Å²) in [4.78, 5) is 12.0. The summed E-state index contributed by atoms with van der Waals surface area (Å²) in [7, 11) is 0. The zero-order valence-electron chi connectivity index (χ0n) is 8.66. The van der Waals surface area contributed by atoms with E-state index in [1.165, 1.54) is 11.3 Å². The number of thiophene rings is 1. The predicted octanol–water partition coefficient (Wildman–Crippen LogP) is 2.55. The molecule has 0 aromatic carbocycles. The molecule has 0 radical (unpaired) electrons. The first-order valence-electron chi connectivity index (χ1n) is 4.51. The maximum absolute atomic E-state index is 10.8. The fraction of sp³-hybridized carbons (Fsp3) is 0.364. The topological polar surface area (TPSA) is 46.5 Å². The Hall–Kier alpha value is -1.47. The first-order valence-corrected chi connectivity index (χ1v) is 5.33. The summed E-state index contributed by atoms with van der Waals surface area (Å²) in [6, 6.07) is 1.74. The van der Waals surface area contributed by atoms with Gasteiger partial charge >= 0.3 is 5.97 Å². The SMILES string of the molecule is CC#CCCOc1cc(C)sc1C(=O)O. The molecule has 3 nitrogen and oxygen atoms in total. The van der Waals surface area contributed by atoms with Crippen molar-refractivity contribution in [2.45, 2.75) is 20.3 Å². The zero-order valence-corrected chi connectivity index (χ0v) is 9.48. The number of rotatable bonds is 4. The van der Waals surface area contributed by atoms with E-state index in [1.807, 2.05) is 6.92 Å². The molecule has 0 atom stereocenters. The van der Waals surface area contributed by atoms with Crippen molar-refractivity contribution in [1.82, 2.24) is 0 Å². The third kappa shape index (κ3) is 3.30. The molecule has 0 unspecified atom stereocenters. The van der Waals surface area contributed by atoms with Crippen LogP contribution in [0.2, 0.25) is 0 Å². The highest BCUT2D eigenvalue weighted by molar-refractivity contribution is 7.14. The Morgan fingerprint density at radius 3 is 3.00 bits per heavy atom. The van der Waals surface area contributed by atoms with Crippen LogP contribution in [-0.2, 0) is 0 Å². The van der Waals surface area contributed by atoms with Crippen LogP contribution in [0.5, 0.6) is 5.75 Å². The third-order valence-electron chi connectivity index (χ3n) is 1.68. The third-order valence-corrected chi connectivity index (χ3v) is 2.70. The van der Waals surface area contributed by atoms with E-state index in [9.17, 15) is 4.79 Å². The van der Waals surface area contributed by atoms with E-state index in [0.29, 0.717) is 18.8 Å². The Kier molecular flexibility index (Phi) is 4.19. The van der Waals surface area contributed by atoms with Crippen molar-refractivity contribution in [3.8, 4) is 17.6 Å². The first-order chi connectivity index (χ1) is 7.15. The molecule has 0 aliphatic heterocycles. The molecule has 80 valence electrons. The lowest BCUT2D eigenvalue weighted by Gasteiger charge is -2.01. The summed E-state index contributed by atoms with van der Waals surface area (Å²) >= 11 is 1.23. The van der Waals surface area contributed by atoms with E-state index in [0.717, 1.165) is 4.88 Å². The molecule has 0 saturated carbocycles. The van der Waals surface area contributed by atoms with Crippen molar-refractivity contribution in [2.75, 3.05) is 6.61 Å². The Morgan fingerprint density at radius 2 is 2.40 bits per heavy atom. The second-order valence-corrected chi connectivity index (χ2v) is 4.14. The average molecular weight is 224 g/mol. The van der Waals surface area contributed by atoms with Gasteiger partial charge in [0.2, 0.25) is 0 Å². The molecule has 0 bridgehead atoms. The number of hydrogen-bond donors (Lipinski definition) is 1. The van der Waals surface area contributed by atoms with Crippen molar-refractivity contribution >= 4 is 17.3 Å². The van der Waals surface area contributed by atoms with Gasteiger partial charge in [-0.1, -0.05) is 0 Å². The summed E-state index contributed by atoms with van der Waals surface area (Å²) in [5, 5.41) is 8.88. The molecule has 1 aromatic rings. The van der Waals surface area contributed by atoms with Crippen LogP contribution < -0.4 is 4.74 Å². The van der Waals surface area contributed by atoms with Gasteiger partial charge < -0.3 is 9.84 Å². The summed E-state index contributed by atoms with van der Waals surface area (Å²) in [6.07, 6.45) is 0.616. The van der Waals surface area contributed by atoms with Gasteiger partial charge in [0.25, 0.3) is 0 Å².